The Morgan fingerprint density at radius 1 is 1.15 bits per heavy atom. The Labute approximate surface area is 165 Å². The Morgan fingerprint density at radius 3 is 2.19 bits per heavy atom. The molecule has 150 valence electrons. The molecule has 2 rings (SSSR count). The molecule has 0 spiro atoms. The van der Waals surface area contributed by atoms with Crippen LogP contribution in [-0.4, -0.2) is 26.7 Å². The molecule has 1 aromatic carbocycles. The van der Waals surface area contributed by atoms with Gasteiger partial charge in [-0.15, -0.1) is 4.72 Å². The molecule has 0 amide bonds. The van der Waals surface area contributed by atoms with Gasteiger partial charge < -0.3 is 4.55 Å². The highest BCUT2D eigenvalue weighted by Gasteiger charge is 2.33. The number of nitrogens with zero attached hydrogens (tertiary/aromatic N) is 2. The van der Waals surface area contributed by atoms with Crippen LogP contribution in [0.1, 0.15) is 57.7 Å². The van der Waals surface area contributed by atoms with Gasteiger partial charge in [-0.25, -0.2) is 17.4 Å². The third-order valence-corrected chi connectivity index (χ3v) is 7.55. The van der Waals surface area contributed by atoms with E-state index in [0.717, 1.165) is 5.56 Å². The molecule has 0 unspecified atom stereocenters. The van der Waals surface area contributed by atoms with Gasteiger partial charge in [-0.1, -0.05) is 31.5 Å². The summed E-state index contributed by atoms with van der Waals surface area (Å²) in [6.45, 7) is 13.2. The van der Waals surface area contributed by atoms with Crippen molar-refractivity contribution >= 4 is 21.4 Å². The maximum atomic E-state index is 13.0. The lowest BCUT2D eigenvalue weighted by Gasteiger charge is -2.28. The van der Waals surface area contributed by atoms with E-state index in [1.165, 1.54) is 10.2 Å². The second-order valence-electron chi connectivity index (χ2n) is 8.05. The number of hydrogen-bond acceptors (Lipinski definition) is 5. The first-order chi connectivity index (χ1) is 12.3. The summed E-state index contributed by atoms with van der Waals surface area (Å²) in [6, 6.07) is 6.40. The largest absolute Gasteiger partial charge is 0.598 e. The number of hydrogen-bond donors (Lipinski definition) is 1. The maximum absolute atomic E-state index is 13.0. The van der Waals surface area contributed by atoms with Gasteiger partial charge in [0.2, 0.25) is 0 Å². The fourth-order valence-corrected chi connectivity index (χ4v) is 4.85. The van der Waals surface area contributed by atoms with Crippen LogP contribution >= 0.6 is 0 Å². The maximum Gasteiger partial charge on any atom is 0.269 e. The molecule has 0 radical (unpaired) electrons. The second-order valence-corrected chi connectivity index (χ2v) is 11.9. The van der Waals surface area contributed by atoms with Crippen LogP contribution in [0.5, 0.6) is 0 Å². The molecule has 0 bridgehead atoms. The highest BCUT2D eigenvalue weighted by Crippen LogP contribution is 2.27. The summed E-state index contributed by atoms with van der Waals surface area (Å²) in [5, 5.41) is 0. The zero-order valence-electron chi connectivity index (χ0n) is 17.0. The molecule has 1 N–H and O–H groups in total. The summed E-state index contributed by atoms with van der Waals surface area (Å²) < 4.78 is 42.4. The first-order valence-electron chi connectivity index (χ1n) is 8.90. The Bertz CT molecular complexity index is 882. The highest BCUT2D eigenvalue weighted by molar-refractivity contribution is 7.90. The zero-order chi connectivity index (χ0) is 20.6. The first kappa shape index (κ1) is 21.9. The number of nitrogens with one attached hydrogen (secondary N) is 1. The van der Waals surface area contributed by atoms with Gasteiger partial charge in [0, 0.05) is 17.6 Å². The third-order valence-electron chi connectivity index (χ3n) is 4.21. The van der Waals surface area contributed by atoms with Gasteiger partial charge in [0.1, 0.15) is 10.6 Å². The van der Waals surface area contributed by atoms with Crippen molar-refractivity contribution in [3.05, 3.63) is 47.5 Å². The number of rotatable bonds is 6. The molecular weight excluding hydrogens is 382 g/mol. The van der Waals surface area contributed by atoms with Crippen LogP contribution in [0.4, 0.5) is 0 Å². The van der Waals surface area contributed by atoms with Crippen molar-refractivity contribution in [2.45, 2.75) is 64.2 Å². The van der Waals surface area contributed by atoms with Crippen LogP contribution in [0.15, 0.2) is 35.4 Å². The van der Waals surface area contributed by atoms with Gasteiger partial charge >= 0.3 is 0 Å². The van der Waals surface area contributed by atoms with Crippen molar-refractivity contribution in [3.8, 4) is 0 Å². The van der Waals surface area contributed by atoms with Crippen LogP contribution in [0, 0.1) is 19.8 Å². The van der Waals surface area contributed by atoms with Gasteiger partial charge in [-0.3, -0.25) is 0 Å². The Morgan fingerprint density at radius 2 is 1.70 bits per heavy atom. The summed E-state index contributed by atoms with van der Waals surface area (Å²) in [5.74, 6) is 0.459. The molecule has 0 saturated carbocycles. The van der Waals surface area contributed by atoms with Crippen molar-refractivity contribution in [3.63, 3.8) is 0 Å². The molecule has 0 aliphatic carbocycles. The van der Waals surface area contributed by atoms with E-state index in [9.17, 15) is 13.0 Å². The first-order valence-corrected chi connectivity index (χ1v) is 11.5. The number of benzene rings is 1. The van der Waals surface area contributed by atoms with Crippen molar-refractivity contribution in [2.75, 3.05) is 0 Å². The van der Waals surface area contributed by atoms with Crippen molar-refractivity contribution in [1.82, 2.24) is 13.7 Å². The van der Waals surface area contributed by atoms with Crippen LogP contribution < -0.4 is 4.72 Å². The number of aromatic nitrogens is 2. The zero-order valence-corrected chi connectivity index (χ0v) is 18.6. The van der Waals surface area contributed by atoms with E-state index < -0.39 is 26.1 Å². The Balaban J connectivity index is 2.42. The molecule has 27 heavy (non-hydrogen) atoms. The summed E-state index contributed by atoms with van der Waals surface area (Å²) in [7, 11) is -3.73. The summed E-state index contributed by atoms with van der Waals surface area (Å²) in [4.78, 5) is 4.68. The third kappa shape index (κ3) is 4.93. The van der Waals surface area contributed by atoms with Crippen LogP contribution in [0.25, 0.3) is 0 Å². The SMILES string of the molecule is Cc1ccc(S(=O)(=O)n2cc([C@@H](N[S@@+]([O-])C(C)(C)C)C(C)C)nc2C)cc1. The normalized spacial score (nSPS) is 15.1. The molecule has 0 aliphatic heterocycles. The van der Waals surface area contributed by atoms with Gasteiger partial charge in [0.15, 0.2) is 0 Å². The van der Waals surface area contributed by atoms with Crippen molar-refractivity contribution in [1.29, 1.82) is 0 Å². The van der Waals surface area contributed by atoms with E-state index in [-0.39, 0.29) is 16.9 Å². The minimum atomic E-state index is -3.73. The van der Waals surface area contributed by atoms with E-state index in [0.29, 0.717) is 11.5 Å². The monoisotopic (exact) mass is 411 g/mol. The molecule has 8 heteroatoms. The van der Waals surface area contributed by atoms with Crippen molar-refractivity contribution in [2.24, 2.45) is 5.92 Å². The molecule has 0 saturated heterocycles. The molecule has 2 aromatic rings. The lowest BCUT2D eigenvalue weighted by atomic mass is 10.0. The molecular formula is C19H29N3O3S2. The minimum absolute atomic E-state index is 0.0844. The number of imidazole rings is 1. The van der Waals surface area contributed by atoms with E-state index in [1.54, 1.807) is 31.2 Å². The van der Waals surface area contributed by atoms with Crippen LogP contribution in [0.3, 0.4) is 0 Å². The van der Waals surface area contributed by atoms with Gasteiger partial charge in [-0.2, -0.15) is 0 Å². The van der Waals surface area contributed by atoms with E-state index in [2.05, 4.69) is 9.71 Å². The fourth-order valence-electron chi connectivity index (χ4n) is 2.53. The van der Waals surface area contributed by atoms with Gasteiger partial charge in [0.25, 0.3) is 10.0 Å². The van der Waals surface area contributed by atoms with E-state index in [1.807, 2.05) is 41.5 Å². The predicted molar refractivity (Wildman–Crippen MR) is 109 cm³/mol. The van der Waals surface area contributed by atoms with Crippen molar-refractivity contribution < 1.29 is 13.0 Å². The fraction of sp³-hybridized carbons (Fsp3) is 0.526. The smallest absolute Gasteiger partial charge is 0.269 e. The summed E-state index contributed by atoms with van der Waals surface area (Å²) in [6.07, 6.45) is 1.53. The quantitative estimate of drug-likeness (QED) is 0.735. The summed E-state index contributed by atoms with van der Waals surface area (Å²) >= 11 is -1.29. The van der Waals surface area contributed by atoms with E-state index in [4.69, 9.17) is 0 Å². The highest BCUT2D eigenvalue weighted by atomic mass is 32.2. The summed E-state index contributed by atoms with van der Waals surface area (Å²) in [5.41, 5.74) is 1.56. The lowest BCUT2D eigenvalue weighted by molar-refractivity contribution is 0.445. The average Bonchev–Trinajstić information content (AvgIpc) is 2.93. The standard InChI is InChI=1S/C19H29N3O3S2/c1-13(2)18(21-26(23)19(5,6)7)17-12-22(15(4)20-17)27(24,25)16-10-8-14(3)9-11-16/h8-13,18,21H,1-7H3/t18-,26-/m0/s1. The number of aryl methyl sites for hydroxylation is 2. The molecule has 2 atom stereocenters. The topological polar surface area (TPSA) is 87.0 Å². The molecule has 1 heterocycles. The molecule has 6 nitrogen and oxygen atoms in total. The average molecular weight is 412 g/mol. The van der Waals surface area contributed by atoms with Crippen LogP contribution in [0.2, 0.25) is 0 Å². The molecule has 0 aliphatic rings. The predicted octanol–water partition coefficient (Wildman–Crippen LogP) is 3.49. The van der Waals surface area contributed by atoms with Crippen LogP contribution in [-0.2, 0) is 21.4 Å². The van der Waals surface area contributed by atoms with Gasteiger partial charge in [-0.05, 0) is 52.7 Å². The van der Waals surface area contributed by atoms with Gasteiger partial charge in [0.05, 0.1) is 16.6 Å². The molecule has 0 fully saturated rings. The Kier molecular flexibility index (Phi) is 6.46. The second kappa shape index (κ2) is 7.95. The molecule has 1 aromatic heterocycles. The van der Waals surface area contributed by atoms with E-state index >= 15 is 0 Å². The lowest BCUT2D eigenvalue weighted by Crippen LogP contribution is -2.42. The Hall–Kier alpha value is -1.35. The minimum Gasteiger partial charge on any atom is -0.598 e.